The molecule has 3 amide bonds. The minimum atomic E-state index is -0.843. The number of amides is 3. The maximum absolute atomic E-state index is 14.2. The molecule has 0 aliphatic heterocycles. The maximum Gasteiger partial charge on any atom is 0.408 e. The van der Waals surface area contributed by atoms with E-state index in [0.29, 0.717) is 18.6 Å². The van der Waals surface area contributed by atoms with Crippen LogP contribution in [0, 0.1) is 13.8 Å². The van der Waals surface area contributed by atoms with Crippen LogP contribution in [0.4, 0.5) is 4.79 Å². The fourth-order valence-corrected chi connectivity index (χ4v) is 4.48. The van der Waals surface area contributed by atoms with E-state index in [0.717, 1.165) is 16.7 Å². The first kappa shape index (κ1) is 31.8. The second-order valence-corrected chi connectivity index (χ2v) is 12.4. The molecule has 0 saturated heterocycles. The monoisotopic (exact) mass is 521 g/mol. The van der Waals surface area contributed by atoms with Crippen molar-refractivity contribution in [2.75, 3.05) is 12.0 Å². The molecular formula is C28H47N3O4S. The van der Waals surface area contributed by atoms with Crippen molar-refractivity contribution in [1.82, 2.24) is 15.5 Å². The van der Waals surface area contributed by atoms with Crippen molar-refractivity contribution in [3.8, 4) is 0 Å². The van der Waals surface area contributed by atoms with Crippen LogP contribution in [0.1, 0.15) is 91.0 Å². The summed E-state index contributed by atoms with van der Waals surface area (Å²) in [7, 11) is 0. The van der Waals surface area contributed by atoms with Crippen molar-refractivity contribution in [3.63, 3.8) is 0 Å². The highest BCUT2D eigenvalue weighted by molar-refractivity contribution is 7.98. The average Bonchev–Trinajstić information content (AvgIpc) is 2.72. The van der Waals surface area contributed by atoms with Gasteiger partial charge in [0.15, 0.2) is 0 Å². The number of hydrogen-bond donors (Lipinski definition) is 2. The van der Waals surface area contributed by atoms with E-state index in [1.54, 1.807) is 37.4 Å². The Kier molecular flexibility index (Phi) is 11.8. The molecule has 1 aromatic carbocycles. The molecule has 0 spiro atoms. The SMILES string of the molecule is CCC(C)N(C(=O)C(CCSC)NC(=O)OC(C)(C)C)C(C(=O)NC(C)(C)C)c1c(C)cccc1C. The lowest BCUT2D eigenvalue weighted by atomic mass is 9.91. The fourth-order valence-electron chi connectivity index (χ4n) is 4.01. The number of rotatable bonds is 10. The number of nitrogens with zero attached hydrogens (tertiary/aromatic N) is 1. The highest BCUT2D eigenvalue weighted by Gasteiger charge is 2.40. The number of aryl methyl sites for hydroxylation is 2. The van der Waals surface area contributed by atoms with Gasteiger partial charge in [0.1, 0.15) is 17.7 Å². The lowest BCUT2D eigenvalue weighted by molar-refractivity contribution is -0.145. The van der Waals surface area contributed by atoms with Crippen LogP contribution in [0.25, 0.3) is 0 Å². The highest BCUT2D eigenvalue weighted by atomic mass is 32.2. The summed E-state index contributed by atoms with van der Waals surface area (Å²) in [6, 6.07) is 3.96. The van der Waals surface area contributed by atoms with Gasteiger partial charge in [-0.25, -0.2) is 4.79 Å². The van der Waals surface area contributed by atoms with E-state index >= 15 is 0 Å². The van der Waals surface area contributed by atoms with Gasteiger partial charge < -0.3 is 20.3 Å². The Balaban J connectivity index is 3.64. The van der Waals surface area contributed by atoms with E-state index in [1.165, 1.54) is 0 Å². The standard InChI is InChI=1S/C28H47N3O4S/c1-12-20(4)31(25(33)21(16-17-36-11)29-26(34)35-28(8,9)10)23(24(32)30-27(5,6)7)22-18(2)14-13-15-19(22)3/h13-15,20-21,23H,12,16-17H2,1-11H3,(H,29,34)(H,30,32). The summed E-state index contributed by atoms with van der Waals surface area (Å²) in [4.78, 5) is 42.4. The van der Waals surface area contributed by atoms with Crippen molar-refractivity contribution in [2.24, 2.45) is 0 Å². The summed E-state index contributed by atoms with van der Waals surface area (Å²) in [5.74, 6) is 0.137. The van der Waals surface area contributed by atoms with Crippen LogP contribution in [-0.4, -0.2) is 58.0 Å². The number of carbonyl (C=O) groups excluding carboxylic acids is 3. The van der Waals surface area contributed by atoms with Crippen molar-refractivity contribution in [3.05, 3.63) is 34.9 Å². The zero-order valence-electron chi connectivity index (χ0n) is 24.1. The Morgan fingerprint density at radius 2 is 1.61 bits per heavy atom. The largest absolute Gasteiger partial charge is 0.444 e. The zero-order valence-corrected chi connectivity index (χ0v) is 24.9. The maximum atomic E-state index is 14.2. The van der Waals surface area contributed by atoms with Gasteiger partial charge in [0.2, 0.25) is 11.8 Å². The third-order valence-corrected chi connectivity index (χ3v) is 6.40. The molecule has 1 aromatic rings. The van der Waals surface area contributed by atoms with Crippen molar-refractivity contribution >= 4 is 29.7 Å². The Morgan fingerprint density at radius 1 is 1.06 bits per heavy atom. The van der Waals surface area contributed by atoms with Gasteiger partial charge in [0.05, 0.1) is 0 Å². The zero-order chi connectivity index (χ0) is 27.8. The van der Waals surface area contributed by atoms with Gasteiger partial charge in [-0.1, -0.05) is 25.1 Å². The van der Waals surface area contributed by atoms with E-state index in [4.69, 9.17) is 4.74 Å². The van der Waals surface area contributed by atoms with Crippen LogP contribution >= 0.6 is 11.8 Å². The Morgan fingerprint density at radius 3 is 2.06 bits per heavy atom. The summed E-state index contributed by atoms with van der Waals surface area (Å²) >= 11 is 1.60. The summed E-state index contributed by atoms with van der Waals surface area (Å²) < 4.78 is 5.45. The van der Waals surface area contributed by atoms with Crippen LogP contribution in [0.3, 0.4) is 0 Å². The molecule has 2 N–H and O–H groups in total. The highest BCUT2D eigenvalue weighted by Crippen LogP contribution is 2.31. The quantitative estimate of drug-likeness (QED) is 0.423. The van der Waals surface area contributed by atoms with Crippen LogP contribution < -0.4 is 10.6 Å². The Bertz CT molecular complexity index is 885. The second-order valence-electron chi connectivity index (χ2n) is 11.4. The summed E-state index contributed by atoms with van der Waals surface area (Å²) in [5, 5.41) is 5.88. The number of alkyl carbamates (subject to hydrolysis) is 1. The molecule has 204 valence electrons. The average molecular weight is 522 g/mol. The van der Waals surface area contributed by atoms with Crippen molar-refractivity contribution in [2.45, 2.75) is 111 Å². The smallest absolute Gasteiger partial charge is 0.408 e. The number of nitrogens with one attached hydrogen (secondary N) is 2. The molecule has 0 aliphatic rings. The first-order valence-electron chi connectivity index (χ1n) is 12.7. The minimum absolute atomic E-state index is 0.241. The number of ether oxygens (including phenoxy) is 1. The summed E-state index contributed by atoms with van der Waals surface area (Å²) in [5.41, 5.74) is 1.51. The molecule has 0 fully saturated rings. The van der Waals surface area contributed by atoms with E-state index < -0.39 is 29.3 Å². The number of carbonyl (C=O) groups is 3. The molecule has 0 aliphatic carbocycles. The molecule has 0 saturated carbocycles. The van der Waals surface area contributed by atoms with Gasteiger partial charge in [-0.05, 0) is 104 Å². The van der Waals surface area contributed by atoms with Gasteiger partial charge >= 0.3 is 6.09 Å². The van der Waals surface area contributed by atoms with E-state index in [-0.39, 0.29) is 17.9 Å². The van der Waals surface area contributed by atoms with Gasteiger partial charge in [-0.2, -0.15) is 11.8 Å². The van der Waals surface area contributed by atoms with Crippen molar-refractivity contribution < 1.29 is 19.1 Å². The molecule has 1 rings (SSSR count). The molecule has 7 nitrogen and oxygen atoms in total. The number of thioether (sulfide) groups is 1. The predicted molar refractivity (Wildman–Crippen MR) is 149 cm³/mol. The van der Waals surface area contributed by atoms with Crippen LogP contribution in [0.5, 0.6) is 0 Å². The van der Waals surface area contributed by atoms with E-state index in [1.807, 2.05) is 72.9 Å². The summed E-state index contributed by atoms with van der Waals surface area (Å²) in [6.07, 6.45) is 2.39. The molecule has 0 heterocycles. The van der Waals surface area contributed by atoms with E-state index in [9.17, 15) is 14.4 Å². The van der Waals surface area contributed by atoms with Crippen LogP contribution in [0.2, 0.25) is 0 Å². The molecule has 0 bridgehead atoms. The third kappa shape index (κ3) is 9.68. The van der Waals surface area contributed by atoms with Crippen molar-refractivity contribution in [1.29, 1.82) is 0 Å². The number of hydrogen-bond acceptors (Lipinski definition) is 5. The molecule has 36 heavy (non-hydrogen) atoms. The van der Waals surface area contributed by atoms with Gasteiger partial charge in [0.25, 0.3) is 0 Å². The summed E-state index contributed by atoms with van der Waals surface area (Å²) in [6.45, 7) is 19.0. The van der Waals surface area contributed by atoms with E-state index in [2.05, 4.69) is 10.6 Å². The third-order valence-electron chi connectivity index (χ3n) is 5.76. The first-order chi connectivity index (χ1) is 16.5. The van der Waals surface area contributed by atoms with Gasteiger partial charge in [0, 0.05) is 11.6 Å². The molecule has 0 aromatic heterocycles. The topological polar surface area (TPSA) is 87.7 Å². The molecule has 8 heteroatoms. The Labute approximate surface area is 222 Å². The molecular weight excluding hydrogens is 474 g/mol. The molecule has 3 atom stereocenters. The normalized spacial score (nSPS) is 14.4. The first-order valence-corrected chi connectivity index (χ1v) is 14.1. The fraction of sp³-hybridized carbons (Fsp3) is 0.679. The van der Waals surface area contributed by atoms with Gasteiger partial charge in [-0.3, -0.25) is 9.59 Å². The molecule has 0 radical (unpaired) electrons. The van der Waals surface area contributed by atoms with Crippen LogP contribution in [0.15, 0.2) is 18.2 Å². The Hall–Kier alpha value is -2.22. The minimum Gasteiger partial charge on any atom is -0.444 e. The lowest BCUT2D eigenvalue weighted by Gasteiger charge is -2.40. The second kappa shape index (κ2) is 13.4. The predicted octanol–water partition coefficient (Wildman–Crippen LogP) is 5.53. The van der Waals surface area contributed by atoms with Gasteiger partial charge in [-0.15, -0.1) is 0 Å². The molecule has 3 unspecified atom stereocenters. The van der Waals surface area contributed by atoms with Crippen LogP contribution in [-0.2, 0) is 14.3 Å². The number of benzene rings is 1. The lowest BCUT2D eigenvalue weighted by Crippen LogP contribution is -2.57.